The van der Waals surface area contributed by atoms with Crippen LogP contribution in [0.1, 0.15) is 31.6 Å². The summed E-state index contributed by atoms with van der Waals surface area (Å²) in [5.41, 5.74) is 0. The number of nitrogens with zero attached hydrogens (tertiary/aromatic N) is 4. The summed E-state index contributed by atoms with van der Waals surface area (Å²) in [5.74, 6) is 2.32. The third kappa shape index (κ3) is 4.22. The predicted octanol–water partition coefficient (Wildman–Crippen LogP) is 2.03. The molecule has 0 bridgehead atoms. The lowest BCUT2D eigenvalue weighted by molar-refractivity contribution is 0.249. The predicted molar refractivity (Wildman–Crippen MR) is 80.0 cm³/mol. The number of hydrogen-bond acceptors (Lipinski definition) is 6. The molecule has 0 aromatic carbocycles. The Hall–Kier alpha value is -2.03. The molecule has 0 fully saturated rings. The Kier molecular flexibility index (Phi) is 5.20. The second kappa shape index (κ2) is 7.11. The first kappa shape index (κ1) is 15.4. The summed E-state index contributed by atoms with van der Waals surface area (Å²) in [6, 6.07) is 1.56. The lowest BCUT2D eigenvalue weighted by atomic mass is 10.4. The van der Waals surface area contributed by atoms with Crippen molar-refractivity contribution in [1.82, 2.24) is 25.2 Å². The molecule has 2 heterocycles. The topological polar surface area (TPSA) is 97.9 Å². The van der Waals surface area contributed by atoms with E-state index in [1.807, 2.05) is 20.1 Å². The van der Waals surface area contributed by atoms with E-state index in [0.717, 1.165) is 0 Å². The summed E-state index contributed by atoms with van der Waals surface area (Å²) in [7, 11) is 0. The van der Waals surface area contributed by atoms with Crippen molar-refractivity contribution in [3.05, 3.63) is 24.0 Å². The van der Waals surface area contributed by atoms with Crippen LogP contribution in [0.5, 0.6) is 0 Å². The van der Waals surface area contributed by atoms with Gasteiger partial charge in [-0.3, -0.25) is 5.32 Å². The minimum atomic E-state index is -0.345. The first-order chi connectivity index (χ1) is 10.1. The van der Waals surface area contributed by atoms with Gasteiger partial charge < -0.3 is 9.84 Å². The van der Waals surface area contributed by atoms with Crippen LogP contribution in [-0.4, -0.2) is 32.2 Å². The van der Waals surface area contributed by atoms with Crippen LogP contribution in [0.4, 0.5) is 10.6 Å². The third-order valence-electron chi connectivity index (χ3n) is 2.58. The number of nitrogens with one attached hydrogen (secondary N) is 2. The van der Waals surface area contributed by atoms with E-state index in [0.29, 0.717) is 23.3 Å². The van der Waals surface area contributed by atoms with Crippen molar-refractivity contribution in [1.29, 1.82) is 0 Å². The quantitative estimate of drug-likeness (QED) is 0.847. The molecular formula is C12H18N6O2S. The van der Waals surface area contributed by atoms with Crippen LogP contribution in [0.15, 0.2) is 16.8 Å². The van der Waals surface area contributed by atoms with Gasteiger partial charge in [0.25, 0.3) is 0 Å². The average molecular weight is 310 g/mol. The first-order valence-corrected chi connectivity index (χ1v) is 7.88. The number of carbonyl (C=O) groups is 1. The van der Waals surface area contributed by atoms with Gasteiger partial charge in [-0.1, -0.05) is 5.16 Å². The molecule has 2 N–H and O–H groups in total. The van der Waals surface area contributed by atoms with Gasteiger partial charge in [0.05, 0.1) is 18.5 Å². The van der Waals surface area contributed by atoms with Crippen LogP contribution in [0.3, 0.4) is 0 Å². The fraction of sp³-hybridized carbons (Fsp3) is 0.500. The molecule has 0 saturated carbocycles. The molecule has 21 heavy (non-hydrogen) atoms. The summed E-state index contributed by atoms with van der Waals surface area (Å²) in [4.78, 5) is 16.0. The van der Waals surface area contributed by atoms with E-state index in [-0.39, 0.29) is 18.6 Å². The first-order valence-electron chi connectivity index (χ1n) is 6.49. The van der Waals surface area contributed by atoms with Crippen molar-refractivity contribution >= 4 is 23.6 Å². The highest BCUT2D eigenvalue weighted by atomic mass is 32.2. The molecule has 0 unspecified atom stereocenters. The monoisotopic (exact) mass is 310 g/mol. The van der Waals surface area contributed by atoms with Crippen LogP contribution in [-0.2, 0) is 12.3 Å². The Morgan fingerprint density at radius 3 is 3.05 bits per heavy atom. The molecule has 0 atom stereocenters. The minimum absolute atomic E-state index is 0.167. The van der Waals surface area contributed by atoms with E-state index >= 15 is 0 Å². The number of thioether (sulfide) groups is 1. The Bertz CT molecular complexity index is 594. The lowest BCUT2D eigenvalue weighted by Gasteiger charge is -2.11. The maximum atomic E-state index is 11.8. The molecule has 2 aromatic heterocycles. The number of rotatable bonds is 6. The van der Waals surface area contributed by atoms with E-state index in [2.05, 4.69) is 25.9 Å². The van der Waals surface area contributed by atoms with Crippen molar-refractivity contribution in [2.75, 3.05) is 11.6 Å². The van der Waals surface area contributed by atoms with E-state index in [1.165, 1.54) is 0 Å². The Morgan fingerprint density at radius 2 is 2.33 bits per heavy atom. The summed E-state index contributed by atoms with van der Waals surface area (Å²) >= 11 is 1.61. The van der Waals surface area contributed by atoms with Gasteiger partial charge >= 0.3 is 6.03 Å². The van der Waals surface area contributed by atoms with Crippen LogP contribution in [0.25, 0.3) is 0 Å². The molecule has 2 amide bonds. The van der Waals surface area contributed by atoms with Gasteiger partial charge in [0.2, 0.25) is 5.89 Å². The molecule has 0 aliphatic rings. The van der Waals surface area contributed by atoms with Crippen LogP contribution in [0.2, 0.25) is 0 Å². The largest absolute Gasteiger partial charge is 0.337 e. The normalized spacial score (nSPS) is 10.9. The van der Waals surface area contributed by atoms with Crippen molar-refractivity contribution < 1.29 is 9.32 Å². The minimum Gasteiger partial charge on any atom is -0.337 e. The molecular weight excluding hydrogens is 292 g/mol. The van der Waals surface area contributed by atoms with Gasteiger partial charge in [0.15, 0.2) is 5.82 Å². The van der Waals surface area contributed by atoms with Gasteiger partial charge in [-0.2, -0.15) is 21.8 Å². The summed E-state index contributed by atoms with van der Waals surface area (Å²) < 4.78 is 6.76. The van der Waals surface area contributed by atoms with Crippen molar-refractivity contribution in [3.63, 3.8) is 0 Å². The highest BCUT2D eigenvalue weighted by Crippen LogP contribution is 2.12. The SMILES string of the molecule is CSCc1noc(CNC(=O)Nc2ccnn2C(C)C)n1. The molecule has 2 aromatic rings. The smallest absolute Gasteiger partial charge is 0.320 e. The van der Waals surface area contributed by atoms with E-state index in [4.69, 9.17) is 4.52 Å². The van der Waals surface area contributed by atoms with E-state index in [9.17, 15) is 4.79 Å². The zero-order valence-electron chi connectivity index (χ0n) is 12.2. The van der Waals surface area contributed by atoms with Crippen molar-refractivity contribution in [2.45, 2.75) is 32.2 Å². The van der Waals surface area contributed by atoms with E-state index < -0.39 is 0 Å². The molecule has 0 saturated heterocycles. The zero-order valence-corrected chi connectivity index (χ0v) is 13.0. The fourth-order valence-corrected chi connectivity index (χ4v) is 2.07. The number of carbonyl (C=O) groups excluding carboxylic acids is 1. The molecule has 9 heteroatoms. The maximum Gasteiger partial charge on any atom is 0.320 e. The van der Waals surface area contributed by atoms with Gasteiger partial charge in [-0.05, 0) is 20.1 Å². The number of amides is 2. The Morgan fingerprint density at radius 1 is 1.52 bits per heavy atom. The lowest BCUT2D eigenvalue weighted by Crippen LogP contribution is -2.29. The molecule has 2 rings (SSSR count). The van der Waals surface area contributed by atoms with Crippen LogP contribution in [0, 0.1) is 0 Å². The van der Waals surface area contributed by atoms with Gasteiger partial charge in [0.1, 0.15) is 5.82 Å². The molecule has 0 spiro atoms. The molecule has 114 valence electrons. The highest BCUT2D eigenvalue weighted by Gasteiger charge is 2.11. The third-order valence-corrected chi connectivity index (χ3v) is 3.13. The second-order valence-corrected chi connectivity index (χ2v) is 5.47. The average Bonchev–Trinajstić information content (AvgIpc) is 3.06. The maximum absolute atomic E-state index is 11.8. The van der Waals surface area contributed by atoms with Gasteiger partial charge in [-0.15, -0.1) is 0 Å². The number of anilines is 1. The van der Waals surface area contributed by atoms with Crippen molar-refractivity contribution in [2.24, 2.45) is 0 Å². The number of aromatic nitrogens is 4. The molecule has 0 aliphatic heterocycles. The molecule has 0 radical (unpaired) electrons. The second-order valence-electron chi connectivity index (χ2n) is 4.60. The Labute approximate surface area is 126 Å². The number of urea groups is 1. The molecule has 8 nitrogen and oxygen atoms in total. The van der Waals surface area contributed by atoms with Crippen LogP contribution < -0.4 is 10.6 Å². The van der Waals surface area contributed by atoms with Gasteiger partial charge in [0, 0.05) is 12.1 Å². The Balaban J connectivity index is 1.85. The zero-order chi connectivity index (χ0) is 15.2. The standard InChI is InChI=1S/C12H18N6O2S/c1-8(2)18-10(4-5-14-18)16-12(19)13-6-11-15-9(7-21-3)17-20-11/h4-5,8H,6-7H2,1-3H3,(H2,13,16,19). The van der Waals surface area contributed by atoms with Crippen molar-refractivity contribution in [3.8, 4) is 0 Å². The molecule has 0 aliphatic carbocycles. The summed E-state index contributed by atoms with van der Waals surface area (Å²) in [6.45, 7) is 4.16. The van der Waals surface area contributed by atoms with E-state index in [1.54, 1.807) is 28.7 Å². The number of hydrogen-bond donors (Lipinski definition) is 2. The fourth-order valence-electron chi connectivity index (χ4n) is 1.69. The summed E-state index contributed by atoms with van der Waals surface area (Å²) in [5, 5.41) is 13.3. The van der Waals surface area contributed by atoms with Gasteiger partial charge in [-0.25, -0.2) is 9.48 Å². The summed E-state index contributed by atoms with van der Waals surface area (Å²) in [6.07, 6.45) is 3.60. The highest BCUT2D eigenvalue weighted by molar-refractivity contribution is 7.97. The van der Waals surface area contributed by atoms with Crippen LogP contribution >= 0.6 is 11.8 Å².